The van der Waals surface area contributed by atoms with Gasteiger partial charge in [-0.15, -0.1) is 0 Å². The highest BCUT2D eigenvalue weighted by Gasteiger charge is 2.43. The molecule has 4 nitrogen and oxygen atoms in total. The topological polar surface area (TPSA) is 53.7 Å². The van der Waals surface area contributed by atoms with E-state index in [-0.39, 0.29) is 5.91 Å². The Kier molecular flexibility index (Phi) is 3.03. The maximum atomic E-state index is 12.4. The number of fused-ring (bicyclic) bond motifs is 1. The Hall–Kier alpha value is -1.52. The Bertz CT molecular complexity index is 686. The van der Waals surface area contributed by atoms with E-state index in [1.54, 1.807) is 23.1 Å². The first-order valence-corrected chi connectivity index (χ1v) is 7.01. The summed E-state index contributed by atoms with van der Waals surface area (Å²) >= 11 is 5.97. The average Bonchev–Trinajstić information content (AvgIpc) is 2.72. The molecule has 0 aliphatic carbocycles. The van der Waals surface area contributed by atoms with Crippen LogP contribution in [0.1, 0.15) is 29.5 Å². The molecule has 106 valence electrons. The second-order valence-electron chi connectivity index (χ2n) is 5.44. The monoisotopic (exact) mass is 293 g/mol. The molecular formula is C15H16ClNO3. The van der Waals surface area contributed by atoms with Crippen LogP contribution < -0.4 is 0 Å². The van der Waals surface area contributed by atoms with Crippen molar-refractivity contribution in [3.05, 3.63) is 34.5 Å². The van der Waals surface area contributed by atoms with Gasteiger partial charge in [0.1, 0.15) is 5.58 Å². The predicted molar refractivity (Wildman–Crippen MR) is 77.1 cm³/mol. The largest absolute Gasteiger partial charge is 0.451 e. The Morgan fingerprint density at radius 1 is 1.50 bits per heavy atom. The van der Waals surface area contributed by atoms with Gasteiger partial charge in [0.05, 0.1) is 18.7 Å². The molecule has 0 radical (unpaired) electrons. The molecule has 1 aromatic carbocycles. The third-order valence-corrected chi connectivity index (χ3v) is 4.24. The maximum absolute atomic E-state index is 12.4. The molecular weight excluding hydrogens is 278 g/mol. The highest BCUT2D eigenvalue weighted by Crippen LogP contribution is 2.31. The lowest BCUT2D eigenvalue weighted by Crippen LogP contribution is -2.63. The van der Waals surface area contributed by atoms with Crippen molar-refractivity contribution in [3.8, 4) is 0 Å². The molecule has 0 spiro atoms. The van der Waals surface area contributed by atoms with Crippen LogP contribution >= 0.6 is 11.6 Å². The fraction of sp³-hybridized carbons (Fsp3) is 0.400. The second-order valence-corrected chi connectivity index (χ2v) is 5.87. The van der Waals surface area contributed by atoms with Gasteiger partial charge >= 0.3 is 0 Å². The van der Waals surface area contributed by atoms with Crippen LogP contribution in [0.5, 0.6) is 0 Å². The van der Waals surface area contributed by atoms with Crippen molar-refractivity contribution in [1.82, 2.24) is 4.90 Å². The highest BCUT2D eigenvalue weighted by molar-refractivity contribution is 6.31. The van der Waals surface area contributed by atoms with Crippen LogP contribution in [0.2, 0.25) is 5.02 Å². The number of amides is 1. The molecule has 0 unspecified atom stereocenters. The number of halogens is 1. The van der Waals surface area contributed by atoms with Crippen LogP contribution in [0.3, 0.4) is 0 Å². The molecule has 0 atom stereocenters. The van der Waals surface area contributed by atoms with E-state index in [0.29, 0.717) is 35.9 Å². The van der Waals surface area contributed by atoms with E-state index in [0.717, 1.165) is 10.9 Å². The Labute approximate surface area is 121 Å². The molecule has 1 amide bonds. The van der Waals surface area contributed by atoms with Crippen molar-refractivity contribution < 1.29 is 14.3 Å². The van der Waals surface area contributed by atoms with Crippen LogP contribution in [-0.2, 0) is 0 Å². The quantitative estimate of drug-likeness (QED) is 0.926. The molecule has 1 aliphatic rings. The number of aryl methyl sites for hydroxylation is 1. The number of rotatable bonds is 2. The number of likely N-dealkylation sites (tertiary alicyclic amines) is 1. The summed E-state index contributed by atoms with van der Waals surface area (Å²) in [6, 6.07) is 5.30. The number of carbonyl (C=O) groups excluding carboxylic acids is 1. The highest BCUT2D eigenvalue weighted by atomic mass is 35.5. The van der Waals surface area contributed by atoms with E-state index in [4.69, 9.17) is 16.0 Å². The van der Waals surface area contributed by atoms with Gasteiger partial charge in [0.2, 0.25) is 0 Å². The maximum Gasteiger partial charge on any atom is 0.290 e. The molecule has 1 aliphatic heterocycles. The first-order chi connectivity index (χ1) is 9.43. The molecule has 20 heavy (non-hydrogen) atoms. The summed E-state index contributed by atoms with van der Waals surface area (Å²) in [5.41, 5.74) is 0.708. The number of nitrogens with zero attached hydrogens (tertiary/aromatic N) is 1. The standard InChI is InChI=1S/C15H16ClNO3/c1-3-15(19)7-17(8-15)14(18)13-9(2)11-6-10(16)4-5-12(11)20-13/h4-6,19H,3,7-8H2,1-2H3. The van der Waals surface area contributed by atoms with Gasteiger partial charge in [-0.1, -0.05) is 18.5 Å². The smallest absolute Gasteiger partial charge is 0.290 e. The first kappa shape index (κ1) is 13.5. The molecule has 3 rings (SSSR count). The molecule has 1 N–H and O–H groups in total. The van der Waals surface area contributed by atoms with Gasteiger partial charge in [-0.2, -0.15) is 0 Å². The van der Waals surface area contributed by atoms with E-state index in [1.807, 2.05) is 13.8 Å². The fourth-order valence-electron chi connectivity index (χ4n) is 2.57. The Balaban J connectivity index is 1.91. The van der Waals surface area contributed by atoms with Gasteiger partial charge in [-0.3, -0.25) is 4.79 Å². The van der Waals surface area contributed by atoms with Crippen LogP contribution in [0, 0.1) is 6.92 Å². The zero-order valence-corrected chi connectivity index (χ0v) is 12.2. The van der Waals surface area contributed by atoms with E-state index in [1.165, 1.54) is 0 Å². The van der Waals surface area contributed by atoms with Crippen LogP contribution in [0.4, 0.5) is 0 Å². The van der Waals surface area contributed by atoms with Crippen molar-refractivity contribution in [1.29, 1.82) is 0 Å². The molecule has 1 aromatic heterocycles. The molecule has 5 heteroatoms. The van der Waals surface area contributed by atoms with Crippen LogP contribution in [0.25, 0.3) is 11.0 Å². The zero-order valence-electron chi connectivity index (χ0n) is 11.4. The molecule has 0 bridgehead atoms. The third kappa shape index (κ3) is 2.00. The van der Waals surface area contributed by atoms with Gasteiger partial charge in [0.25, 0.3) is 5.91 Å². The summed E-state index contributed by atoms with van der Waals surface area (Å²) in [6.07, 6.45) is 0.644. The Morgan fingerprint density at radius 3 is 2.85 bits per heavy atom. The van der Waals surface area contributed by atoms with Crippen molar-refractivity contribution >= 4 is 28.5 Å². The summed E-state index contributed by atoms with van der Waals surface area (Å²) in [6.45, 7) is 4.48. The van der Waals surface area contributed by atoms with Crippen LogP contribution in [0.15, 0.2) is 22.6 Å². The van der Waals surface area contributed by atoms with E-state index in [9.17, 15) is 9.90 Å². The zero-order chi connectivity index (χ0) is 14.5. The van der Waals surface area contributed by atoms with E-state index >= 15 is 0 Å². The van der Waals surface area contributed by atoms with Gasteiger partial charge < -0.3 is 14.4 Å². The second kappa shape index (κ2) is 4.50. The lowest BCUT2D eigenvalue weighted by Gasteiger charge is -2.45. The molecule has 0 saturated carbocycles. The lowest BCUT2D eigenvalue weighted by molar-refractivity contribution is -0.0834. The summed E-state index contributed by atoms with van der Waals surface area (Å²) in [5, 5.41) is 11.5. The van der Waals surface area contributed by atoms with Gasteiger partial charge in [-0.05, 0) is 31.5 Å². The molecule has 1 fully saturated rings. The normalized spacial score (nSPS) is 17.3. The summed E-state index contributed by atoms with van der Waals surface area (Å²) < 4.78 is 5.64. The fourth-order valence-corrected chi connectivity index (χ4v) is 2.74. The number of hydrogen-bond acceptors (Lipinski definition) is 3. The average molecular weight is 294 g/mol. The van der Waals surface area contributed by atoms with Crippen molar-refractivity contribution in [3.63, 3.8) is 0 Å². The first-order valence-electron chi connectivity index (χ1n) is 6.64. The van der Waals surface area contributed by atoms with Crippen molar-refractivity contribution in [2.45, 2.75) is 25.9 Å². The lowest BCUT2D eigenvalue weighted by atomic mass is 9.91. The summed E-state index contributed by atoms with van der Waals surface area (Å²) in [7, 11) is 0. The van der Waals surface area contributed by atoms with E-state index in [2.05, 4.69) is 0 Å². The number of aliphatic hydroxyl groups is 1. The van der Waals surface area contributed by atoms with Crippen molar-refractivity contribution in [2.24, 2.45) is 0 Å². The van der Waals surface area contributed by atoms with Gasteiger partial charge in [-0.25, -0.2) is 0 Å². The molecule has 2 heterocycles. The van der Waals surface area contributed by atoms with Crippen LogP contribution in [-0.4, -0.2) is 34.6 Å². The number of carbonyl (C=O) groups is 1. The minimum absolute atomic E-state index is 0.173. The van der Waals surface area contributed by atoms with E-state index < -0.39 is 5.60 Å². The third-order valence-electron chi connectivity index (χ3n) is 4.01. The minimum Gasteiger partial charge on any atom is -0.451 e. The summed E-state index contributed by atoms with van der Waals surface area (Å²) in [4.78, 5) is 14.0. The Morgan fingerprint density at radius 2 is 2.20 bits per heavy atom. The van der Waals surface area contributed by atoms with Gasteiger partial charge in [0.15, 0.2) is 5.76 Å². The number of hydrogen-bond donors (Lipinski definition) is 1. The molecule has 2 aromatic rings. The van der Waals surface area contributed by atoms with Gasteiger partial charge in [0, 0.05) is 16.0 Å². The SMILES string of the molecule is CCC1(O)CN(C(=O)c2oc3ccc(Cl)cc3c2C)C1. The minimum atomic E-state index is -0.737. The number of β-amino-alcohol motifs (C(OH)–C–C–N with tert-alkyl or cyclic N) is 1. The van der Waals surface area contributed by atoms with Crippen molar-refractivity contribution in [2.75, 3.05) is 13.1 Å². The predicted octanol–water partition coefficient (Wildman–Crippen LogP) is 2.99. The number of furan rings is 1. The number of benzene rings is 1. The molecule has 1 saturated heterocycles. The summed E-state index contributed by atoms with van der Waals surface area (Å²) in [5.74, 6) is 0.161.